The van der Waals surface area contributed by atoms with Crippen LogP contribution in [0.15, 0.2) is 18.2 Å². The Hall–Kier alpha value is -2.71. The molecule has 0 saturated heterocycles. The van der Waals surface area contributed by atoms with Gasteiger partial charge in [-0.25, -0.2) is 0 Å². The van der Waals surface area contributed by atoms with E-state index in [1.807, 2.05) is 0 Å². The summed E-state index contributed by atoms with van der Waals surface area (Å²) in [6.45, 7) is -0.00597. The topological polar surface area (TPSA) is 136 Å². The van der Waals surface area contributed by atoms with E-state index in [0.717, 1.165) is 12.1 Å². The summed E-state index contributed by atoms with van der Waals surface area (Å²) < 4.78 is 0. The number of carboxylic acid groups (broad SMARTS) is 1. The number of aliphatic carboxylic acids is 1. The van der Waals surface area contributed by atoms with Gasteiger partial charge in [-0.15, -0.1) is 0 Å². The summed E-state index contributed by atoms with van der Waals surface area (Å²) in [6.07, 6.45) is -0.214. The Balaban J connectivity index is 2.93. The largest absolute Gasteiger partial charge is 0.481 e. The quantitative estimate of drug-likeness (QED) is 0.578. The van der Waals surface area contributed by atoms with Crippen molar-refractivity contribution in [2.24, 2.45) is 0 Å². The molecule has 2 N–H and O–H groups in total. The fraction of sp³-hybridized carbons (Fsp3) is 0.222. The molecule has 96 valence electrons. The third-order valence-electron chi connectivity index (χ3n) is 2.04. The van der Waals surface area contributed by atoms with Crippen LogP contribution in [0.2, 0.25) is 0 Å². The first-order valence-corrected chi connectivity index (χ1v) is 4.80. The molecule has 0 atom stereocenters. The summed E-state index contributed by atoms with van der Waals surface area (Å²) in [5, 5.41) is 32.2. The third kappa shape index (κ3) is 3.40. The molecule has 0 fully saturated rings. The van der Waals surface area contributed by atoms with Crippen molar-refractivity contribution in [3.8, 4) is 0 Å². The van der Waals surface area contributed by atoms with E-state index in [4.69, 9.17) is 5.11 Å². The van der Waals surface area contributed by atoms with Crippen LogP contribution in [0.1, 0.15) is 6.42 Å². The van der Waals surface area contributed by atoms with Gasteiger partial charge in [0.15, 0.2) is 0 Å². The van der Waals surface area contributed by atoms with Gasteiger partial charge in [0.05, 0.1) is 22.3 Å². The number of anilines is 1. The van der Waals surface area contributed by atoms with Crippen LogP contribution in [0.4, 0.5) is 17.1 Å². The molecule has 0 aromatic heterocycles. The predicted molar refractivity (Wildman–Crippen MR) is 60.5 cm³/mol. The standard InChI is InChI=1S/C9H9N3O6/c13-9(14)3-4-10-7-2-1-6(11(15)16)5-8(7)12(17)18/h1-2,5,10H,3-4H2,(H,13,14). The molecule has 1 rings (SSSR count). The van der Waals surface area contributed by atoms with Gasteiger partial charge in [-0.2, -0.15) is 0 Å². The van der Waals surface area contributed by atoms with Crippen LogP contribution in [0.3, 0.4) is 0 Å². The molecule has 0 aliphatic rings. The van der Waals surface area contributed by atoms with Gasteiger partial charge in [0.25, 0.3) is 11.4 Å². The molecule has 0 aliphatic carbocycles. The molecule has 0 aliphatic heterocycles. The van der Waals surface area contributed by atoms with Crippen LogP contribution in [0, 0.1) is 20.2 Å². The summed E-state index contributed by atoms with van der Waals surface area (Å²) in [5.74, 6) is -1.05. The Morgan fingerprint density at radius 2 is 1.94 bits per heavy atom. The number of benzene rings is 1. The number of hydrogen-bond acceptors (Lipinski definition) is 6. The molecule has 9 nitrogen and oxygen atoms in total. The second-order valence-electron chi connectivity index (χ2n) is 3.29. The lowest BCUT2D eigenvalue weighted by atomic mass is 10.2. The van der Waals surface area contributed by atoms with Gasteiger partial charge >= 0.3 is 5.97 Å². The minimum atomic E-state index is -1.05. The van der Waals surface area contributed by atoms with Crippen molar-refractivity contribution in [2.75, 3.05) is 11.9 Å². The van der Waals surface area contributed by atoms with Crippen molar-refractivity contribution in [1.82, 2.24) is 0 Å². The molecule has 0 radical (unpaired) electrons. The van der Waals surface area contributed by atoms with Gasteiger partial charge < -0.3 is 10.4 Å². The first-order valence-electron chi connectivity index (χ1n) is 4.80. The molecule has 0 bridgehead atoms. The van der Waals surface area contributed by atoms with Crippen LogP contribution in [0.25, 0.3) is 0 Å². The third-order valence-corrected chi connectivity index (χ3v) is 2.04. The van der Waals surface area contributed by atoms with E-state index in [2.05, 4.69) is 5.32 Å². The highest BCUT2D eigenvalue weighted by Gasteiger charge is 2.19. The van der Waals surface area contributed by atoms with Crippen LogP contribution in [-0.2, 0) is 4.79 Å². The zero-order valence-electron chi connectivity index (χ0n) is 9.03. The average molecular weight is 255 g/mol. The number of carbonyl (C=O) groups is 1. The monoisotopic (exact) mass is 255 g/mol. The predicted octanol–water partition coefficient (Wildman–Crippen LogP) is 1.39. The van der Waals surface area contributed by atoms with Gasteiger partial charge in [-0.1, -0.05) is 0 Å². The van der Waals surface area contributed by atoms with E-state index in [9.17, 15) is 25.0 Å². The van der Waals surface area contributed by atoms with Crippen molar-refractivity contribution in [3.63, 3.8) is 0 Å². The molecule has 0 unspecified atom stereocenters. The van der Waals surface area contributed by atoms with E-state index in [1.54, 1.807) is 0 Å². The summed E-state index contributed by atoms with van der Waals surface area (Å²) >= 11 is 0. The number of rotatable bonds is 6. The maximum Gasteiger partial charge on any atom is 0.305 e. The van der Waals surface area contributed by atoms with E-state index in [0.29, 0.717) is 0 Å². The molecule has 1 aromatic rings. The van der Waals surface area contributed by atoms with Crippen LogP contribution >= 0.6 is 0 Å². The Morgan fingerprint density at radius 1 is 1.28 bits per heavy atom. The fourth-order valence-corrected chi connectivity index (χ4v) is 1.24. The Kier molecular flexibility index (Phi) is 4.13. The van der Waals surface area contributed by atoms with Gasteiger partial charge in [0, 0.05) is 12.6 Å². The molecule has 9 heteroatoms. The maximum atomic E-state index is 10.7. The van der Waals surface area contributed by atoms with Gasteiger partial charge in [0.2, 0.25) is 0 Å². The normalized spacial score (nSPS) is 9.78. The summed E-state index contributed by atoms with van der Waals surface area (Å²) in [4.78, 5) is 30.0. The molecule has 0 spiro atoms. The first kappa shape index (κ1) is 13.4. The highest BCUT2D eigenvalue weighted by molar-refractivity contribution is 5.69. The lowest BCUT2D eigenvalue weighted by molar-refractivity contribution is -0.393. The van der Waals surface area contributed by atoms with E-state index < -0.39 is 27.2 Å². The molecule has 0 amide bonds. The smallest absolute Gasteiger partial charge is 0.305 e. The number of hydrogen-bond donors (Lipinski definition) is 2. The summed E-state index contributed by atoms with van der Waals surface area (Å²) in [6, 6.07) is 3.11. The molecule has 18 heavy (non-hydrogen) atoms. The van der Waals surface area contributed by atoms with Crippen molar-refractivity contribution < 1.29 is 19.7 Å². The second kappa shape index (κ2) is 5.57. The lowest BCUT2D eigenvalue weighted by Gasteiger charge is -2.05. The zero-order chi connectivity index (χ0) is 13.7. The average Bonchev–Trinajstić information content (AvgIpc) is 2.28. The Morgan fingerprint density at radius 3 is 2.44 bits per heavy atom. The zero-order valence-corrected chi connectivity index (χ0v) is 9.03. The van der Waals surface area contributed by atoms with Crippen LogP contribution < -0.4 is 5.32 Å². The Labute approximate surface area is 100 Å². The van der Waals surface area contributed by atoms with Crippen molar-refractivity contribution in [3.05, 3.63) is 38.4 Å². The second-order valence-corrected chi connectivity index (χ2v) is 3.29. The first-order chi connectivity index (χ1) is 8.41. The number of nitrogens with one attached hydrogen (secondary N) is 1. The summed E-state index contributed by atoms with van der Waals surface area (Å²) in [5.41, 5.74) is -0.813. The minimum Gasteiger partial charge on any atom is -0.481 e. The van der Waals surface area contributed by atoms with E-state index in [1.165, 1.54) is 6.07 Å². The molecular weight excluding hydrogens is 246 g/mol. The minimum absolute atomic E-state index is 0.00597. The van der Waals surface area contributed by atoms with Crippen molar-refractivity contribution in [1.29, 1.82) is 0 Å². The molecular formula is C9H9N3O6. The molecule has 1 aromatic carbocycles. The van der Waals surface area contributed by atoms with Gasteiger partial charge in [-0.3, -0.25) is 25.0 Å². The SMILES string of the molecule is O=C(O)CCNc1ccc([N+](=O)[O-])cc1[N+](=O)[O-]. The van der Waals surface area contributed by atoms with Crippen molar-refractivity contribution >= 4 is 23.0 Å². The number of non-ortho nitro benzene ring substituents is 1. The number of carboxylic acids is 1. The highest BCUT2D eigenvalue weighted by Crippen LogP contribution is 2.28. The van der Waals surface area contributed by atoms with Crippen molar-refractivity contribution in [2.45, 2.75) is 6.42 Å². The molecule has 0 heterocycles. The van der Waals surface area contributed by atoms with Crippen LogP contribution in [0.5, 0.6) is 0 Å². The highest BCUT2D eigenvalue weighted by atomic mass is 16.6. The van der Waals surface area contributed by atoms with Gasteiger partial charge in [0.1, 0.15) is 5.69 Å². The number of nitro benzene ring substituents is 2. The number of nitro groups is 2. The van der Waals surface area contributed by atoms with E-state index >= 15 is 0 Å². The molecule has 0 saturated carbocycles. The van der Waals surface area contributed by atoms with Crippen LogP contribution in [-0.4, -0.2) is 27.5 Å². The lowest BCUT2D eigenvalue weighted by Crippen LogP contribution is -2.09. The number of nitrogens with zero attached hydrogens (tertiary/aromatic N) is 2. The fourth-order valence-electron chi connectivity index (χ4n) is 1.24. The maximum absolute atomic E-state index is 10.7. The van der Waals surface area contributed by atoms with Gasteiger partial charge in [-0.05, 0) is 6.07 Å². The summed E-state index contributed by atoms with van der Waals surface area (Å²) in [7, 11) is 0. The van der Waals surface area contributed by atoms with E-state index in [-0.39, 0.29) is 18.7 Å². The Bertz CT molecular complexity index is 501.